The Morgan fingerprint density at radius 3 is 2.60 bits per heavy atom. The lowest BCUT2D eigenvalue weighted by Gasteiger charge is -2.16. The van der Waals surface area contributed by atoms with Crippen molar-refractivity contribution in [2.45, 2.75) is 71.9 Å². The summed E-state index contributed by atoms with van der Waals surface area (Å²) in [5.41, 5.74) is 6.45. The van der Waals surface area contributed by atoms with Gasteiger partial charge in [-0.3, -0.25) is 0 Å². The number of nitrogen functional groups attached to an aromatic ring is 1. The SMILES string of the molecule is CCCCCCC(C)Nc1ccc(N)c(OC(C)C)n1. The second-order valence-electron chi connectivity index (χ2n) is 5.65. The average Bonchev–Trinajstić information content (AvgIpc) is 2.38. The van der Waals surface area contributed by atoms with Crippen molar-refractivity contribution in [2.24, 2.45) is 0 Å². The number of unbranched alkanes of at least 4 members (excludes halogenated alkanes) is 3. The molecule has 0 saturated heterocycles. The van der Waals surface area contributed by atoms with Crippen molar-refractivity contribution in [1.82, 2.24) is 4.98 Å². The van der Waals surface area contributed by atoms with Crippen LogP contribution in [0.5, 0.6) is 5.88 Å². The summed E-state index contributed by atoms with van der Waals surface area (Å²) in [6, 6.07) is 4.16. The van der Waals surface area contributed by atoms with Crippen molar-refractivity contribution in [1.29, 1.82) is 0 Å². The number of aromatic nitrogens is 1. The standard InChI is InChI=1S/C16H29N3O/c1-5-6-7-8-9-13(4)18-15-11-10-14(17)16(19-15)20-12(2)3/h10-13H,5-9,17H2,1-4H3,(H,18,19). The highest BCUT2D eigenvalue weighted by Crippen LogP contribution is 2.22. The highest BCUT2D eigenvalue weighted by Gasteiger charge is 2.08. The minimum atomic E-state index is 0.0755. The predicted octanol–water partition coefficient (Wildman–Crippen LogP) is 4.22. The fourth-order valence-corrected chi connectivity index (χ4v) is 2.05. The maximum absolute atomic E-state index is 5.87. The van der Waals surface area contributed by atoms with Crippen LogP contribution in [0.1, 0.15) is 59.8 Å². The zero-order valence-electron chi connectivity index (χ0n) is 13.3. The van der Waals surface area contributed by atoms with Crippen LogP contribution in [0.25, 0.3) is 0 Å². The number of anilines is 2. The Kier molecular flexibility index (Phi) is 7.20. The third-order valence-corrected chi connectivity index (χ3v) is 3.12. The smallest absolute Gasteiger partial charge is 0.239 e. The molecule has 20 heavy (non-hydrogen) atoms. The molecule has 1 rings (SSSR count). The molecule has 1 aromatic rings. The molecule has 0 bridgehead atoms. The molecule has 0 saturated carbocycles. The highest BCUT2D eigenvalue weighted by atomic mass is 16.5. The number of hydrogen-bond donors (Lipinski definition) is 2. The molecule has 0 aliphatic carbocycles. The molecule has 0 spiro atoms. The van der Waals surface area contributed by atoms with Gasteiger partial charge in [-0.2, -0.15) is 4.98 Å². The van der Waals surface area contributed by atoms with E-state index in [4.69, 9.17) is 10.5 Å². The van der Waals surface area contributed by atoms with Crippen molar-refractivity contribution < 1.29 is 4.74 Å². The summed E-state index contributed by atoms with van der Waals surface area (Å²) in [6.45, 7) is 8.36. The Balaban J connectivity index is 2.50. The van der Waals surface area contributed by atoms with Gasteiger partial charge in [-0.1, -0.05) is 32.6 Å². The summed E-state index contributed by atoms with van der Waals surface area (Å²) in [7, 11) is 0. The Hall–Kier alpha value is -1.45. The molecule has 1 unspecified atom stereocenters. The average molecular weight is 279 g/mol. The van der Waals surface area contributed by atoms with Gasteiger partial charge in [-0.15, -0.1) is 0 Å². The highest BCUT2D eigenvalue weighted by molar-refractivity contribution is 5.53. The van der Waals surface area contributed by atoms with Crippen molar-refractivity contribution in [3.63, 3.8) is 0 Å². The van der Waals surface area contributed by atoms with Crippen LogP contribution in [0.2, 0.25) is 0 Å². The number of nitrogens with one attached hydrogen (secondary N) is 1. The van der Waals surface area contributed by atoms with Crippen LogP contribution in [0, 0.1) is 0 Å². The van der Waals surface area contributed by atoms with Crippen molar-refractivity contribution in [3.8, 4) is 5.88 Å². The van der Waals surface area contributed by atoms with Gasteiger partial charge in [0, 0.05) is 6.04 Å². The molecule has 0 amide bonds. The van der Waals surface area contributed by atoms with E-state index in [1.165, 1.54) is 25.7 Å². The van der Waals surface area contributed by atoms with Crippen LogP contribution in [-0.4, -0.2) is 17.1 Å². The van der Waals surface area contributed by atoms with Gasteiger partial charge in [0.2, 0.25) is 5.88 Å². The molecule has 114 valence electrons. The van der Waals surface area contributed by atoms with Crippen molar-refractivity contribution >= 4 is 11.5 Å². The molecule has 0 radical (unpaired) electrons. The van der Waals surface area contributed by atoms with Gasteiger partial charge in [0.25, 0.3) is 0 Å². The van der Waals surface area contributed by atoms with Gasteiger partial charge < -0.3 is 15.8 Å². The van der Waals surface area contributed by atoms with Gasteiger partial charge in [0.05, 0.1) is 11.8 Å². The molecule has 0 aromatic carbocycles. The molecule has 0 aliphatic heterocycles. The van der Waals surface area contributed by atoms with Crippen LogP contribution < -0.4 is 15.8 Å². The first-order chi connectivity index (χ1) is 9.52. The Bertz CT molecular complexity index is 393. The van der Waals surface area contributed by atoms with Gasteiger partial charge in [0.1, 0.15) is 5.82 Å². The molecule has 1 heterocycles. The third kappa shape index (κ3) is 6.13. The number of rotatable bonds is 9. The third-order valence-electron chi connectivity index (χ3n) is 3.12. The Morgan fingerprint density at radius 1 is 1.20 bits per heavy atom. The van der Waals surface area contributed by atoms with E-state index in [0.29, 0.717) is 17.6 Å². The zero-order chi connectivity index (χ0) is 15.0. The van der Waals surface area contributed by atoms with E-state index >= 15 is 0 Å². The molecule has 4 nitrogen and oxygen atoms in total. The molecule has 0 fully saturated rings. The van der Waals surface area contributed by atoms with E-state index in [-0.39, 0.29) is 6.10 Å². The van der Waals surface area contributed by atoms with E-state index in [1.54, 1.807) is 0 Å². The van der Waals surface area contributed by atoms with Gasteiger partial charge in [0.15, 0.2) is 0 Å². The topological polar surface area (TPSA) is 60.2 Å². The molecule has 4 heteroatoms. The van der Waals surface area contributed by atoms with Gasteiger partial charge >= 0.3 is 0 Å². The molecular formula is C16H29N3O. The maximum atomic E-state index is 5.87. The summed E-state index contributed by atoms with van der Waals surface area (Å²) in [6.07, 6.45) is 6.39. The molecule has 1 atom stereocenters. The largest absolute Gasteiger partial charge is 0.473 e. The Morgan fingerprint density at radius 2 is 1.95 bits per heavy atom. The number of nitrogens with zero attached hydrogens (tertiary/aromatic N) is 1. The lowest BCUT2D eigenvalue weighted by Crippen LogP contribution is -2.17. The molecule has 1 aromatic heterocycles. The first-order valence-electron chi connectivity index (χ1n) is 7.72. The fraction of sp³-hybridized carbons (Fsp3) is 0.688. The summed E-state index contributed by atoms with van der Waals surface area (Å²) < 4.78 is 5.60. The van der Waals surface area contributed by atoms with E-state index in [0.717, 1.165) is 12.2 Å². The van der Waals surface area contributed by atoms with Crippen LogP contribution in [0.3, 0.4) is 0 Å². The lowest BCUT2D eigenvalue weighted by atomic mass is 10.1. The number of pyridine rings is 1. The second kappa shape index (κ2) is 8.67. The quantitative estimate of drug-likeness (QED) is 0.664. The lowest BCUT2D eigenvalue weighted by molar-refractivity contribution is 0.234. The van der Waals surface area contributed by atoms with Gasteiger partial charge in [-0.05, 0) is 39.3 Å². The van der Waals surface area contributed by atoms with Crippen molar-refractivity contribution in [3.05, 3.63) is 12.1 Å². The summed E-state index contributed by atoms with van der Waals surface area (Å²) in [5.74, 6) is 1.35. The first-order valence-corrected chi connectivity index (χ1v) is 7.72. The van der Waals surface area contributed by atoms with E-state index in [9.17, 15) is 0 Å². The van der Waals surface area contributed by atoms with Crippen LogP contribution in [0.4, 0.5) is 11.5 Å². The second-order valence-corrected chi connectivity index (χ2v) is 5.65. The van der Waals surface area contributed by atoms with E-state index < -0.39 is 0 Å². The molecule has 0 aliphatic rings. The van der Waals surface area contributed by atoms with Crippen LogP contribution in [0.15, 0.2) is 12.1 Å². The monoisotopic (exact) mass is 279 g/mol. The van der Waals surface area contributed by atoms with E-state index in [1.807, 2.05) is 26.0 Å². The number of hydrogen-bond acceptors (Lipinski definition) is 4. The summed E-state index contributed by atoms with van der Waals surface area (Å²) in [5, 5.41) is 3.41. The fourth-order valence-electron chi connectivity index (χ4n) is 2.05. The number of nitrogens with two attached hydrogens (primary N) is 1. The predicted molar refractivity (Wildman–Crippen MR) is 86.3 cm³/mol. The normalized spacial score (nSPS) is 12.4. The molecular weight excluding hydrogens is 250 g/mol. The molecule has 3 N–H and O–H groups in total. The van der Waals surface area contributed by atoms with Gasteiger partial charge in [-0.25, -0.2) is 0 Å². The maximum Gasteiger partial charge on any atom is 0.239 e. The Labute approximate surface area is 123 Å². The van der Waals surface area contributed by atoms with E-state index in [2.05, 4.69) is 24.1 Å². The summed E-state index contributed by atoms with van der Waals surface area (Å²) in [4.78, 5) is 4.44. The van der Waals surface area contributed by atoms with Crippen LogP contribution in [-0.2, 0) is 0 Å². The number of ether oxygens (including phenoxy) is 1. The zero-order valence-corrected chi connectivity index (χ0v) is 13.3. The summed E-state index contributed by atoms with van der Waals surface area (Å²) >= 11 is 0. The minimum absolute atomic E-state index is 0.0755. The van der Waals surface area contributed by atoms with Crippen molar-refractivity contribution in [2.75, 3.05) is 11.1 Å². The van der Waals surface area contributed by atoms with Crippen LogP contribution >= 0.6 is 0 Å². The minimum Gasteiger partial charge on any atom is -0.473 e. The first kappa shape index (κ1) is 16.6.